The highest BCUT2D eigenvalue weighted by molar-refractivity contribution is 5.47. The summed E-state index contributed by atoms with van der Waals surface area (Å²) in [6, 6.07) is 6.54. The Morgan fingerprint density at radius 3 is 2.00 bits per heavy atom. The standard InChI is InChI=1S/C9H10FNO3.C7H14O3.C6H3F2NO2/c1-2-6-14-8-5-3-4-7(10)9(8)11(12)13;8-4-6-10-7-3-1-2-5-9-7;7-4-2-1-3-5(8)6(4)9(10)11/h3-5H,2,6H2,1H3;7-8H,1-6H2;1-3H. The lowest BCUT2D eigenvalue weighted by atomic mass is 10.2. The number of nitro benzene ring substituents is 2. The molecule has 1 unspecified atom stereocenters. The van der Waals surface area contributed by atoms with Crippen molar-refractivity contribution in [3.8, 4) is 5.75 Å². The van der Waals surface area contributed by atoms with Crippen LogP contribution in [0.4, 0.5) is 24.5 Å². The normalized spacial score (nSPS) is 14.6. The zero-order chi connectivity index (χ0) is 26.2. The van der Waals surface area contributed by atoms with Crippen molar-refractivity contribution >= 4 is 11.4 Å². The van der Waals surface area contributed by atoms with Crippen molar-refractivity contribution in [3.63, 3.8) is 0 Å². The minimum atomic E-state index is -1.16. The molecule has 2 aromatic rings. The Labute approximate surface area is 199 Å². The smallest absolute Gasteiger partial charge is 0.346 e. The molecule has 13 heteroatoms. The predicted molar refractivity (Wildman–Crippen MR) is 118 cm³/mol. The Morgan fingerprint density at radius 1 is 0.971 bits per heavy atom. The second-order valence-electron chi connectivity index (χ2n) is 6.91. The monoisotopic (exact) mass is 504 g/mol. The summed E-state index contributed by atoms with van der Waals surface area (Å²) in [5, 5.41) is 28.9. The molecule has 10 nitrogen and oxygen atoms in total. The maximum Gasteiger partial charge on any atom is 0.346 e. The van der Waals surface area contributed by atoms with Crippen molar-refractivity contribution in [1.29, 1.82) is 0 Å². The summed E-state index contributed by atoms with van der Waals surface area (Å²) < 4.78 is 53.3. The fourth-order valence-electron chi connectivity index (χ4n) is 2.69. The molecule has 0 aliphatic carbocycles. The Morgan fingerprint density at radius 2 is 1.54 bits per heavy atom. The van der Waals surface area contributed by atoms with Crippen LogP contribution in [-0.4, -0.2) is 47.7 Å². The number of benzene rings is 2. The Bertz CT molecular complexity index is 923. The van der Waals surface area contributed by atoms with Crippen molar-refractivity contribution < 1.29 is 42.3 Å². The molecule has 0 radical (unpaired) electrons. The summed E-state index contributed by atoms with van der Waals surface area (Å²) >= 11 is 0. The molecular formula is C22H27F3N2O8. The molecule has 3 rings (SSSR count). The van der Waals surface area contributed by atoms with Gasteiger partial charge in [0.1, 0.15) is 0 Å². The van der Waals surface area contributed by atoms with E-state index in [1.807, 2.05) is 6.92 Å². The number of nitrogens with zero attached hydrogens (tertiary/aromatic N) is 2. The summed E-state index contributed by atoms with van der Waals surface area (Å²) in [5.74, 6) is -3.20. The molecule has 35 heavy (non-hydrogen) atoms. The number of ether oxygens (including phenoxy) is 3. The van der Waals surface area contributed by atoms with Crippen LogP contribution in [0.3, 0.4) is 0 Å². The van der Waals surface area contributed by atoms with Gasteiger partial charge >= 0.3 is 11.4 Å². The van der Waals surface area contributed by atoms with E-state index in [9.17, 15) is 33.4 Å². The molecule has 1 saturated heterocycles. The topological polar surface area (TPSA) is 134 Å². The molecule has 1 heterocycles. The number of rotatable bonds is 8. The molecule has 1 atom stereocenters. The van der Waals surface area contributed by atoms with E-state index in [1.165, 1.54) is 18.6 Å². The first-order chi connectivity index (χ1) is 16.7. The zero-order valence-corrected chi connectivity index (χ0v) is 19.0. The summed E-state index contributed by atoms with van der Waals surface area (Å²) in [6.07, 6.45) is 3.95. The molecule has 0 amide bonds. The van der Waals surface area contributed by atoms with Crippen LogP contribution >= 0.6 is 0 Å². The zero-order valence-electron chi connectivity index (χ0n) is 19.0. The SMILES string of the molecule is CCCOc1cccc(F)c1[N+](=O)[O-].O=[N+]([O-])c1c(F)cccc1F.OCCOC1CCCCO1. The van der Waals surface area contributed by atoms with Gasteiger partial charge in [0.25, 0.3) is 0 Å². The number of para-hydroxylation sites is 2. The number of hydrogen-bond donors (Lipinski definition) is 1. The van der Waals surface area contributed by atoms with Crippen LogP contribution in [0.1, 0.15) is 32.6 Å². The minimum Gasteiger partial charge on any atom is -0.487 e. The van der Waals surface area contributed by atoms with Gasteiger partial charge in [0.2, 0.25) is 17.5 Å². The first kappa shape index (κ1) is 29.7. The maximum atomic E-state index is 13.0. The quantitative estimate of drug-likeness (QED) is 0.396. The highest BCUT2D eigenvalue weighted by Gasteiger charge is 2.21. The lowest BCUT2D eigenvalue weighted by molar-refractivity contribution is -0.390. The van der Waals surface area contributed by atoms with Crippen LogP contribution < -0.4 is 4.74 Å². The van der Waals surface area contributed by atoms with E-state index in [0.29, 0.717) is 19.6 Å². The van der Waals surface area contributed by atoms with E-state index < -0.39 is 38.7 Å². The fraction of sp³-hybridized carbons (Fsp3) is 0.455. The highest BCUT2D eigenvalue weighted by atomic mass is 19.1. The third-order valence-electron chi connectivity index (χ3n) is 4.25. The van der Waals surface area contributed by atoms with Gasteiger partial charge in [-0.05, 0) is 49.9 Å². The van der Waals surface area contributed by atoms with E-state index in [4.69, 9.17) is 19.3 Å². The van der Waals surface area contributed by atoms with Crippen molar-refractivity contribution in [1.82, 2.24) is 0 Å². The van der Waals surface area contributed by atoms with Gasteiger partial charge in [0, 0.05) is 6.61 Å². The highest BCUT2D eigenvalue weighted by Crippen LogP contribution is 2.29. The van der Waals surface area contributed by atoms with Gasteiger partial charge in [-0.1, -0.05) is 19.1 Å². The first-order valence-electron chi connectivity index (χ1n) is 10.7. The van der Waals surface area contributed by atoms with Gasteiger partial charge in [0.15, 0.2) is 12.0 Å². The fourth-order valence-corrected chi connectivity index (χ4v) is 2.69. The maximum absolute atomic E-state index is 13.0. The van der Waals surface area contributed by atoms with Gasteiger partial charge in [-0.3, -0.25) is 20.2 Å². The van der Waals surface area contributed by atoms with Gasteiger partial charge in [-0.15, -0.1) is 0 Å². The predicted octanol–water partition coefficient (Wildman–Crippen LogP) is 4.92. The van der Waals surface area contributed by atoms with Gasteiger partial charge < -0.3 is 19.3 Å². The Hall–Kier alpha value is -3.29. The number of aliphatic hydroxyl groups excluding tert-OH is 1. The molecule has 0 aromatic heterocycles. The third kappa shape index (κ3) is 10.7. The second-order valence-corrected chi connectivity index (χ2v) is 6.91. The molecule has 0 saturated carbocycles. The average molecular weight is 504 g/mol. The molecule has 0 spiro atoms. The van der Waals surface area contributed by atoms with E-state index in [-0.39, 0.29) is 18.6 Å². The third-order valence-corrected chi connectivity index (χ3v) is 4.25. The molecule has 0 bridgehead atoms. The molecule has 1 N–H and O–H groups in total. The molecule has 1 aliphatic rings. The molecule has 1 fully saturated rings. The Balaban J connectivity index is 0.000000267. The number of aliphatic hydroxyl groups is 1. The minimum absolute atomic E-state index is 0.0168. The van der Waals surface area contributed by atoms with E-state index in [2.05, 4.69) is 0 Å². The number of hydrogen-bond acceptors (Lipinski definition) is 8. The van der Waals surface area contributed by atoms with E-state index >= 15 is 0 Å². The van der Waals surface area contributed by atoms with Gasteiger partial charge in [-0.25, -0.2) is 0 Å². The van der Waals surface area contributed by atoms with Crippen LogP contribution in [0, 0.1) is 37.7 Å². The second kappa shape index (κ2) is 16.4. The van der Waals surface area contributed by atoms with E-state index in [1.54, 1.807) is 0 Å². The van der Waals surface area contributed by atoms with E-state index in [0.717, 1.165) is 43.7 Å². The molecular weight excluding hydrogens is 477 g/mol. The summed E-state index contributed by atoms with van der Waals surface area (Å²) in [5.41, 5.74) is -1.70. The molecule has 2 aromatic carbocycles. The summed E-state index contributed by atoms with van der Waals surface area (Å²) in [6.45, 7) is 3.48. The Kier molecular flexibility index (Phi) is 13.9. The van der Waals surface area contributed by atoms with Crippen LogP contribution in [0.25, 0.3) is 0 Å². The van der Waals surface area contributed by atoms with Crippen molar-refractivity contribution in [2.75, 3.05) is 26.4 Å². The number of halogens is 3. The molecule has 194 valence electrons. The van der Waals surface area contributed by atoms with Gasteiger partial charge in [-0.2, -0.15) is 13.2 Å². The van der Waals surface area contributed by atoms with Crippen LogP contribution in [0.5, 0.6) is 5.75 Å². The van der Waals surface area contributed by atoms with Crippen molar-refractivity contribution in [3.05, 3.63) is 74.1 Å². The van der Waals surface area contributed by atoms with Gasteiger partial charge in [0.05, 0.1) is 29.7 Å². The average Bonchev–Trinajstić information content (AvgIpc) is 2.82. The summed E-state index contributed by atoms with van der Waals surface area (Å²) in [7, 11) is 0. The largest absolute Gasteiger partial charge is 0.487 e. The summed E-state index contributed by atoms with van der Waals surface area (Å²) in [4.78, 5) is 18.6. The van der Waals surface area contributed by atoms with Crippen molar-refractivity contribution in [2.45, 2.75) is 38.9 Å². The van der Waals surface area contributed by atoms with Crippen LogP contribution in [-0.2, 0) is 9.47 Å². The van der Waals surface area contributed by atoms with Crippen LogP contribution in [0.2, 0.25) is 0 Å². The van der Waals surface area contributed by atoms with Crippen LogP contribution in [0.15, 0.2) is 36.4 Å². The van der Waals surface area contributed by atoms with Crippen molar-refractivity contribution in [2.24, 2.45) is 0 Å². The number of nitro groups is 2. The first-order valence-corrected chi connectivity index (χ1v) is 10.7. The lowest BCUT2D eigenvalue weighted by Gasteiger charge is -2.21. The lowest BCUT2D eigenvalue weighted by Crippen LogP contribution is -2.23. The molecule has 1 aliphatic heterocycles.